The van der Waals surface area contributed by atoms with Crippen LogP contribution in [0.15, 0.2) is 11.6 Å². The van der Waals surface area contributed by atoms with Gasteiger partial charge in [0.1, 0.15) is 6.10 Å². The Morgan fingerprint density at radius 3 is 2.33 bits per heavy atom. The number of aliphatic hydroxyl groups is 1. The second-order valence-electron chi connectivity index (χ2n) is 6.23. The van der Waals surface area contributed by atoms with E-state index in [-0.39, 0.29) is 17.9 Å². The number of hydrogen-bond donors (Lipinski definition) is 3. The molecule has 2 aliphatic rings. The van der Waals surface area contributed by atoms with Crippen molar-refractivity contribution in [1.29, 1.82) is 0 Å². The van der Waals surface area contributed by atoms with Crippen molar-refractivity contribution < 1.29 is 19.8 Å². The minimum absolute atomic E-state index is 0.0404. The predicted octanol–water partition coefficient (Wildman–Crippen LogP) is 2.00. The molecule has 5 heteroatoms. The van der Waals surface area contributed by atoms with E-state index in [9.17, 15) is 14.7 Å². The van der Waals surface area contributed by atoms with Crippen LogP contribution in [-0.4, -0.2) is 34.2 Å². The molecular formula is C16H25NO4. The number of nitrogens with one attached hydrogen (secondary N) is 1. The highest BCUT2D eigenvalue weighted by Gasteiger charge is 2.29. The van der Waals surface area contributed by atoms with Crippen molar-refractivity contribution in [3.05, 3.63) is 11.6 Å². The Morgan fingerprint density at radius 1 is 1.14 bits per heavy atom. The molecule has 1 saturated carbocycles. The van der Waals surface area contributed by atoms with Gasteiger partial charge in [-0.15, -0.1) is 0 Å². The molecular weight excluding hydrogens is 270 g/mol. The number of carbonyl (C=O) groups is 2. The van der Waals surface area contributed by atoms with Crippen LogP contribution in [-0.2, 0) is 9.59 Å². The highest BCUT2D eigenvalue weighted by molar-refractivity contribution is 5.88. The van der Waals surface area contributed by atoms with Crippen LogP contribution in [0.1, 0.15) is 57.8 Å². The monoisotopic (exact) mass is 295 g/mol. The van der Waals surface area contributed by atoms with Gasteiger partial charge in [-0.1, -0.05) is 38.2 Å². The summed E-state index contributed by atoms with van der Waals surface area (Å²) in [5.74, 6) is -1.23. The highest BCUT2D eigenvalue weighted by atomic mass is 16.4. The lowest BCUT2D eigenvalue weighted by atomic mass is 9.87. The second kappa shape index (κ2) is 7.59. The molecule has 2 aliphatic carbocycles. The molecule has 2 unspecified atom stereocenters. The van der Waals surface area contributed by atoms with Crippen LogP contribution >= 0.6 is 0 Å². The second-order valence-corrected chi connectivity index (χ2v) is 6.23. The molecule has 21 heavy (non-hydrogen) atoms. The lowest BCUT2D eigenvalue weighted by molar-refractivity contribution is -0.134. The van der Waals surface area contributed by atoms with Gasteiger partial charge in [0.15, 0.2) is 0 Å². The standard InChI is InChI=1S/C16H25NO4/c18-14(11-6-4-2-1-3-5-7-11)15(19)17-13-9-8-12(10-13)16(20)21/h8,11,13-14,18H,1-7,9-10H2,(H,17,19)(H,20,21). The van der Waals surface area contributed by atoms with Crippen LogP contribution in [0.25, 0.3) is 0 Å². The maximum atomic E-state index is 12.1. The van der Waals surface area contributed by atoms with E-state index in [4.69, 9.17) is 5.11 Å². The van der Waals surface area contributed by atoms with Gasteiger partial charge in [-0.3, -0.25) is 4.79 Å². The van der Waals surface area contributed by atoms with Crippen LogP contribution in [0.3, 0.4) is 0 Å². The summed E-state index contributed by atoms with van der Waals surface area (Å²) >= 11 is 0. The fourth-order valence-electron chi connectivity index (χ4n) is 3.31. The third kappa shape index (κ3) is 4.56. The summed E-state index contributed by atoms with van der Waals surface area (Å²) in [6.07, 6.45) is 9.12. The lowest BCUT2D eigenvalue weighted by Gasteiger charge is -2.25. The minimum atomic E-state index is -0.961. The normalized spacial score (nSPS) is 25.6. The van der Waals surface area contributed by atoms with Crippen LogP contribution in [0.2, 0.25) is 0 Å². The molecule has 5 nitrogen and oxygen atoms in total. The summed E-state index contributed by atoms with van der Waals surface area (Å²) in [5.41, 5.74) is 0.348. The van der Waals surface area contributed by atoms with Gasteiger partial charge in [-0.2, -0.15) is 0 Å². The maximum absolute atomic E-state index is 12.1. The van der Waals surface area contributed by atoms with Gasteiger partial charge in [0.25, 0.3) is 0 Å². The van der Waals surface area contributed by atoms with E-state index in [1.165, 1.54) is 19.3 Å². The Hall–Kier alpha value is -1.36. The van der Waals surface area contributed by atoms with Crippen LogP contribution in [0.4, 0.5) is 0 Å². The van der Waals surface area contributed by atoms with E-state index in [1.807, 2.05) is 0 Å². The van der Waals surface area contributed by atoms with Gasteiger partial charge >= 0.3 is 5.97 Å². The molecule has 3 N–H and O–H groups in total. The van der Waals surface area contributed by atoms with Crippen molar-refractivity contribution in [2.45, 2.75) is 69.9 Å². The van der Waals surface area contributed by atoms with Gasteiger partial charge in [0.05, 0.1) is 0 Å². The first-order valence-corrected chi connectivity index (χ1v) is 7.98. The Bertz CT molecular complexity index is 411. The molecule has 1 amide bonds. The largest absolute Gasteiger partial charge is 0.478 e. The number of carboxylic acid groups (broad SMARTS) is 1. The zero-order chi connectivity index (χ0) is 15.2. The number of aliphatic hydroxyl groups excluding tert-OH is 1. The van der Waals surface area contributed by atoms with E-state index >= 15 is 0 Å². The van der Waals surface area contributed by atoms with E-state index in [0.717, 1.165) is 25.7 Å². The van der Waals surface area contributed by atoms with Crippen molar-refractivity contribution in [2.75, 3.05) is 0 Å². The Labute approximate surface area is 125 Å². The summed E-state index contributed by atoms with van der Waals surface area (Å²) < 4.78 is 0. The number of carboxylic acids is 1. The summed E-state index contributed by atoms with van der Waals surface area (Å²) in [7, 11) is 0. The number of carbonyl (C=O) groups excluding carboxylic acids is 1. The number of rotatable bonds is 4. The Morgan fingerprint density at radius 2 is 1.76 bits per heavy atom. The van der Waals surface area contributed by atoms with Crippen LogP contribution in [0, 0.1) is 5.92 Å². The average Bonchev–Trinajstić information content (AvgIpc) is 2.86. The molecule has 118 valence electrons. The molecule has 0 radical (unpaired) electrons. The summed E-state index contributed by atoms with van der Waals surface area (Å²) in [6, 6.07) is -0.188. The molecule has 0 spiro atoms. The van der Waals surface area contributed by atoms with Crippen molar-refractivity contribution in [2.24, 2.45) is 5.92 Å². The molecule has 2 rings (SSSR count). The van der Waals surface area contributed by atoms with Crippen LogP contribution in [0.5, 0.6) is 0 Å². The molecule has 0 aliphatic heterocycles. The lowest BCUT2D eigenvalue weighted by Crippen LogP contribution is -2.44. The topological polar surface area (TPSA) is 86.6 Å². The van der Waals surface area contributed by atoms with Gasteiger partial charge < -0.3 is 15.5 Å². The molecule has 0 aromatic carbocycles. The Balaban J connectivity index is 1.81. The van der Waals surface area contributed by atoms with Crippen molar-refractivity contribution >= 4 is 11.9 Å². The fraction of sp³-hybridized carbons (Fsp3) is 0.750. The number of aliphatic carboxylic acids is 1. The molecule has 0 saturated heterocycles. The van der Waals surface area contributed by atoms with Gasteiger partial charge in [0.2, 0.25) is 5.91 Å². The number of hydrogen-bond acceptors (Lipinski definition) is 3. The minimum Gasteiger partial charge on any atom is -0.478 e. The first-order chi connectivity index (χ1) is 10.1. The molecule has 1 fully saturated rings. The predicted molar refractivity (Wildman–Crippen MR) is 78.7 cm³/mol. The van der Waals surface area contributed by atoms with E-state index in [2.05, 4.69) is 5.32 Å². The molecule has 0 heterocycles. The summed E-state index contributed by atoms with van der Waals surface area (Å²) in [6.45, 7) is 0. The van der Waals surface area contributed by atoms with E-state index < -0.39 is 12.1 Å². The molecule has 2 atom stereocenters. The van der Waals surface area contributed by atoms with Crippen molar-refractivity contribution in [1.82, 2.24) is 5.32 Å². The fourth-order valence-corrected chi connectivity index (χ4v) is 3.31. The zero-order valence-corrected chi connectivity index (χ0v) is 12.4. The quantitative estimate of drug-likeness (QED) is 0.740. The van der Waals surface area contributed by atoms with Crippen molar-refractivity contribution in [3.8, 4) is 0 Å². The van der Waals surface area contributed by atoms with Gasteiger partial charge in [0, 0.05) is 11.6 Å². The average molecular weight is 295 g/mol. The molecule has 0 aromatic rings. The Kier molecular flexibility index (Phi) is 5.79. The van der Waals surface area contributed by atoms with E-state index in [0.29, 0.717) is 18.4 Å². The smallest absolute Gasteiger partial charge is 0.331 e. The molecule has 0 aromatic heterocycles. The maximum Gasteiger partial charge on any atom is 0.331 e. The highest BCUT2D eigenvalue weighted by Crippen LogP contribution is 2.26. The third-order valence-corrected chi connectivity index (χ3v) is 4.60. The number of amides is 1. The first kappa shape index (κ1) is 16.0. The van der Waals surface area contributed by atoms with E-state index in [1.54, 1.807) is 6.08 Å². The third-order valence-electron chi connectivity index (χ3n) is 4.60. The summed E-state index contributed by atoms with van der Waals surface area (Å²) in [4.78, 5) is 23.0. The van der Waals surface area contributed by atoms with Gasteiger partial charge in [-0.05, 0) is 31.6 Å². The zero-order valence-electron chi connectivity index (χ0n) is 12.4. The molecule has 0 bridgehead atoms. The van der Waals surface area contributed by atoms with Gasteiger partial charge in [-0.25, -0.2) is 4.79 Å². The SMILES string of the molecule is O=C(O)C1=CCC(NC(=O)C(O)C2CCCCCCC2)C1. The van der Waals surface area contributed by atoms with Crippen molar-refractivity contribution in [3.63, 3.8) is 0 Å². The summed E-state index contributed by atoms with van der Waals surface area (Å²) in [5, 5.41) is 21.9. The first-order valence-electron chi connectivity index (χ1n) is 7.98. The van der Waals surface area contributed by atoms with Crippen LogP contribution < -0.4 is 5.32 Å².